The molecule has 1 atom stereocenters. The highest BCUT2D eigenvalue weighted by molar-refractivity contribution is 8.00. The zero-order valence-corrected chi connectivity index (χ0v) is 13.0. The number of anilines is 1. The van der Waals surface area contributed by atoms with E-state index in [0.717, 1.165) is 23.9 Å². The van der Waals surface area contributed by atoms with E-state index in [0.29, 0.717) is 17.2 Å². The summed E-state index contributed by atoms with van der Waals surface area (Å²) in [6.45, 7) is 1.80. The number of carbonyl (C=O) groups excluding carboxylic acids is 1. The molecule has 1 aliphatic heterocycles. The van der Waals surface area contributed by atoms with E-state index in [1.807, 2.05) is 0 Å². The molecule has 1 amide bonds. The van der Waals surface area contributed by atoms with Gasteiger partial charge in [-0.3, -0.25) is 4.79 Å². The maximum atomic E-state index is 13.6. The standard InChI is InChI=1S/C16H13F2NO3S/c1-9(23-15-5-2-10(17)6-12(15)18)16(20)19-11-3-4-13-14(7-11)22-8-21-13/h2-7,9H,8H2,1H3,(H,19,20)/t9-/m1/s1. The number of hydrogen-bond acceptors (Lipinski definition) is 4. The monoisotopic (exact) mass is 337 g/mol. The van der Waals surface area contributed by atoms with E-state index >= 15 is 0 Å². The minimum absolute atomic E-state index is 0.156. The third-order valence-electron chi connectivity index (χ3n) is 3.21. The number of thioether (sulfide) groups is 1. The normalized spacial score (nSPS) is 13.7. The lowest BCUT2D eigenvalue weighted by Crippen LogP contribution is -2.22. The van der Waals surface area contributed by atoms with Crippen LogP contribution in [0.15, 0.2) is 41.3 Å². The molecule has 4 nitrogen and oxygen atoms in total. The van der Waals surface area contributed by atoms with Gasteiger partial charge in [0.05, 0.1) is 5.25 Å². The topological polar surface area (TPSA) is 47.6 Å². The molecule has 1 N–H and O–H groups in total. The molecule has 1 heterocycles. The molecule has 0 spiro atoms. The van der Waals surface area contributed by atoms with Crippen LogP contribution in [0.1, 0.15) is 6.92 Å². The number of fused-ring (bicyclic) bond motifs is 1. The summed E-state index contributed by atoms with van der Waals surface area (Å²) in [6, 6.07) is 8.34. The Hall–Kier alpha value is -2.28. The van der Waals surface area contributed by atoms with Crippen molar-refractivity contribution in [1.82, 2.24) is 0 Å². The van der Waals surface area contributed by atoms with Crippen LogP contribution >= 0.6 is 11.8 Å². The molecule has 0 fully saturated rings. The van der Waals surface area contributed by atoms with Gasteiger partial charge in [0.1, 0.15) is 11.6 Å². The highest BCUT2D eigenvalue weighted by atomic mass is 32.2. The fourth-order valence-corrected chi connectivity index (χ4v) is 2.90. The average molecular weight is 337 g/mol. The van der Waals surface area contributed by atoms with Crippen molar-refractivity contribution in [3.63, 3.8) is 0 Å². The van der Waals surface area contributed by atoms with E-state index in [9.17, 15) is 13.6 Å². The first-order valence-corrected chi connectivity index (χ1v) is 7.73. The predicted molar refractivity (Wildman–Crippen MR) is 82.9 cm³/mol. The van der Waals surface area contributed by atoms with Crippen LogP contribution in [0.4, 0.5) is 14.5 Å². The van der Waals surface area contributed by atoms with Crippen molar-refractivity contribution >= 4 is 23.4 Å². The average Bonchev–Trinajstić information content (AvgIpc) is 2.97. The molecule has 0 saturated heterocycles. The SMILES string of the molecule is C[C@@H](Sc1ccc(F)cc1F)C(=O)Nc1ccc2c(c1)OCO2. The van der Waals surface area contributed by atoms with Gasteiger partial charge in [0.15, 0.2) is 11.5 Å². The first-order chi connectivity index (χ1) is 11.0. The number of ether oxygens (including phenoxy) is 2. The Morgan fingerprint density at radius 2 is 1.96 bits per heavy atom. The minimum atomic E-state index is -0.683. The highest BCUT2D eigenvalue weighted by Crippen LogP contribution is 2.34. The number of hydrogen-bond donors (Lipinski definition) is 1. The van der Waals surface area contributed by atoms with E-state index in [-0.39, 0.29) is 17.6 Å². The minimum Gasteiger partial charge on any atom is -0.454 e. The lowest BCUT2D eigenvalue weighted by Gasteiger charge is -2.13. The molecule has 0 radical (unpaired) electrons. The van der Waals surface area contributed by atoms with Crippen LogP contribution in [0.25, 0.3) is 0 Å². The van der Waals surface area contributed by atoms with Crippen molar-refractivity contribution in [3.05, 3.63) is 48.0 Å². The maximum absolute atomic E-state index is 13.6. The third kappa shape index (κ3) is 3.56. The van der Waals surface area contributed by atoms with Crippen LogP contribution < -0.4 is 14.8 Å². The highest BCUT2D eigenvalue weighted by Gasteiger charge is 2.19. The summed E-state index contributed by atoms with van der Waals surface area (Å²) >= 11 is 1.02. The first kappa shape index (κ1) is 15.6. The second-order valence-corrected chi connectivity index (χ2v) is 6.27. The molecule has 0 saturated carbocycles. The fourth-order valence-electron chi connectivity index (χ4n) is 2.03. The van der Waals surface area contributed by atoms with Gasteiger partial charge in [-0.2, -0.15) is 0 Å². The summed E-state index contributed by atoms with van der Waals surface area (Å²) in [6.07, 6.45) is 0. The smallest absolute Gasteiger partial charge is 0.237 e. The molecule has 120 valence electrons. The van der Waals surface area contributed by atoms with E-state index < -0.39 is 16.9 Å². The zero-order chi connectivity index (χ0) is 16.4. The van der Waals surface area contributed by atoms with E-state index in [1.54, 1.807) is 25.1 Å². The molecule has 0 bridgehead atoms. The molecular formula is C16H13F2NO3S. The Morgan fingerprint density at radius 3 is 2.74 bits per heavy atom. The Morgan fingerprint density at radius 1 is 1.17 bits per heavy atom. The van der Waals surface area contributed by atoms with Gasteiger partial charge in [-0.05, 0) is 31.2 Å². The summed E-state index contributed by atoms with van der Waals surface area (Å²) in [5.74, 6) is -0.439. The molecule has 1 aliphatic rings. The van der Waals surface area contributed by atoms with Crippen LogP contribution in [0.2, 0.25) is 0 Å². The van der Waals surface area contributed by atoms with Gasteiger partial charge >= 0.3 is 0 Å². The quantitative estimate of drug-likeness (QED) is 0.862. The Bertz CT molecular complexity index is 754. The van der Waals surface area contributed by atoms with Crippen LogP contribution in [0, 0.1) is 11.6 Å². The van der Waals surface area contributed by atoms with Crippen LogP contribution in [-0.4, -0.2) is 18.0 Å². The van der Waals surface area contributed by atoms with Gasteiger partial charge in [0, 0.05) is 22.7 Å². The van der Waals surface area contributed by atoms with Crippen molar-refractivity contribution in [2.45, 2.75) is 17.1 Å². The number of nitrogens with one attached hydrogen (secondary N) is 1. The second-order valence-electron chi connectivity index (χ2n) is 4.89. The number of rotatable bonds is 4. The molecule has 0 aromatic heterocycles. The predicted octanol–water partition coefficient (Wildman–Crippen LogP) is 3.81. The van der Waals surface area contributed by atoms with Crippen molar-refractivity contribution in [1.29, 1.82) is 0 Å². The molecule has 2 aromatic carbocycles. The Balaban J connectivity index is 1.65. The fraction of sp³-hybridized carbons (Fsp3) is 0.188. The molecule has 0 aliphatic carbocycles. The molecule has 23 heavy (non-hydrogen) atoms. The summed E-state index contributed by atoms with van der Waals surface area (Å²) < 4.78 is 37.0. The maximum Gasteiger partial charge on any atom is 0.237 e. The van der Waals surface area contributed by atoms with Crippen LogP contribution in [0.5, 0.6) is 11.5 Å². The lowest BCUT2D eigenvalue weighted by molar-refractivity contribution is -0.115. The molecule has 7 heteroatoms. The summed E-state index contributed by atoms with van der Waals surface area (Å²) in [5.41, 5.74) is 0.561. The van der Waals surface area contributed by atoms with Crippen molar-refractivity contribution in [2.75, 3.05) is 12.1 Å². The zero-order valence-electron chi connectivity index (χ0n) is 12.1. The molecule has 3 rings (SSSR count). The number of amides is 1. The summed E-state index contributed by atoms with van der Waals surface area (Å²) in [4.78, 5) is 12.4. The molecule has 0 unspecified atom stereocenters. The third-order valence-corrected chi connectivity index (χ3v) is 4.36. The number of benzene rings is 2. The van der Waals surface area contributed by atoms with Gasteiger partial charge in [-0.25, -0.2) is 8.78 Å². The molecular weight excluding hydrogens is 324 g/mol. The largest absolute Gasteiger partial charge is 0.454 e. The first-order valence-electron chi connectivity index (χ1n) is 6.85. The van der Waals surface area contributed by atoms with Crippen LogP contribution in [0.3, 0.4) is 0 Å². The van der Waals surface area contributed by atoms with Crippen molar-refractivity contribution in [2.24, 2.45) is 0 Å². The Labute approximate surface area is 135 Å². The van der Waals surface area contributed by atoms with Crippen molar-refractivity contribution < 1.29 is 23.0 Å². The number of carbonyl (C=O) groups is 1. The van der Waals surface area contributed by atoms with Gasteiger partial charge in [-0.1, -0.05) is 0 Å². The Kier molecular flexibility index (Phi) is 4.38. The lowest BCUT2D eigenvalue weighted by atomic mass is 10.2. The van der Waals surface area contributed by atoms with E-state index in [4.69, 9.17) is 9.47 Å². The second kappa shape index (κ2) is 6.45. The molecule has 2 aromatic rings. The van der Waals surface area contributed by atoms with Gasteiger partial charge in [0.2, 0.25) is 12.7 Å². The van der Waals surface area contributed by atoms with Gasteiger partial charge in [-0.15, -0.1) is 11.8 Å². The summed E-state index contributed by atoms with van der Waals surface area (Å²) in [5, 5.41) is 2.18. The van der Waals surface area contributed by atoms with Crippen LogP contribution in [-0.2, 0) is 4.79 Å². The van der Waals surface area contributed by atoms with E-state index in [1.165, 1.54) is 6.07 Å². The van der Waals surface area contributed by atoms with Gasteiger partial charge < -0.3 is 14.8 Å². The number of halogens is 2. The summed E-state index contributed by atoms with van der Waals surface area (Å²) in [7, 11) is 0. The van der Waals surface area contributed by atoms with Gasteiger partial charge in [0.25, 0.3) is 0 Å². The van der Waals surface area contributed by atoms with Crippen molar-refractivity contribution in [3.8, 4) is 11.5 Å². The van der Waals surface area contributed by atoms with E-state index in [2.05, 4.69) is 5.32 Å².